The van der Waals surface area contributed by atoms with Crippen LogP contribution in [0.25, 0.3) is 0 Å². The van der Waals surface area contributed by atoms with Crippen LogP contribution in [0.15, 0.2) is 18.2 Å². The van der Waals surface area contributed by atoms with Crippen molar-refractivity contribution in [3.05, 3.63) is 34.6 Å². The molecule has 0 aliphatic carbocycles. The molecule has 0 aliphatic rings. The molecule has 0 aromatic heterocycles. The number of amides is 2. The van der Waals surface area contributed by atoms with E-state index in [1.807, 2.05) is 6.92 Å². The van der Waals surface area contributed by atoms with Crippen LogP contribution < -0.4 is 10.6 Å². The van der Waals surface area contributed by atoms with E-state index in [0.717, 1.165) is 18.6 Å². The lowest BCUT2D eigenvalue weighted by Gasteiger charge is -2.14. The van der Waals surface area contributed by atoms with Crippen LogP contribution in [-0.4, -0.2) is 37.0 Å². The Morgan fingerprint density at radius 1 is 1.35 bits per heavy atom. The molecule has 2 amide bonds. The van der Waals surface area contributed by atoms with Crippen LogP contribution in [0, 0.1) is 5.82 Å². The molecule has 0 bridgehead atoms. The number of benzene rings is 1. The van der Waals surface area contributed by atoms with E-state index in [1.54, 1.807) is 0 Å². The molecular formula is C15H18ClFN2O4. The lowest BCUT2D eigenvalue weighted by atomic mass is 10.2. The molecule has 2 N–H and O–H groups in total. The second-order valence-electron chi connectivity index (χ2n) is 4.78. The number of rotatable bonds is 7. The second-order valence-corrected chi connectivity index (χ2v) is 5.22. The van der Waals surface area contributed by atoms with E-state index in [-0.39, 0.29) is 16.5 Å². The summed E-state index contributed by atoms with van der Waals surface area (Å²) in [6, 6.07) is 2.66. The summed E-state index contributed by atoms with van der Waals surface area (Å²) in [7, 11) is 0. The maximum absolute atomic E-state index is 13.5. The molecule has 1 rings (SSSR count). The summed E-state index contributed by atoms with van der Waals surface area (Å²) in [5.74, 6) is -2.82. The average Bonchev–Trinajstić information content (AvgIpc) is 2.52. The van der Waals surface area contributed by atoms with Gasteiger partial charge in [-0.2, -0.15) is 0 Å². The van der Waals surface area contributed by atoms with Gasteiger partial charge in [0.2, 0.25) is 5.91 Å². The van der Waals surface area contributed by atoms with Gasteiger partial charge in [-0.1, -0.05) is 18.5 Å². The quantitative estimate of drug-likeness (QED) is 0.737. The number of carbonyl (C=O) groups is 3. The first-order valence-electron chi connectivity index (χ1n) is 7.04. The minimum atomic E-state index is -1.01. The van der Waals surface area contributed by atoms with E-state index in [4.69, 9.17) is 16.3 Å². The average molecular weight is 345 g/mol. The van der Waals surface area contributed by atoms with Gasteiger partial charge in [-0.25, -0.2) is 9.18 Å². The zero-order valence-corrected chi connectivity index (χ0v) is 13.6. The zero-order valence-electron chi connectivity index (χ0n) is 12.8. The molecular weight excluding hydrogens is 327 g/mol. The molecule has 1 aromatic carbocycles. The van der Waals surface area contributed by atoms with Crippen molar-refractivity contribution in [1.82, 2.24) is 10.6 Å². The lowest BCUT2D eigenvalue weighted by Crippen LogP contribution is -2.46. The number of hydrogen-bond acceptors (Lipinski definition) is 4. The van der Waals surface area contributed by atoms with Crippen LogP contribution in [0.5, 0.6) is 0 Å². The number of halogens is 2. The number of esters is 1. The summed E-state index contributed by atoms with van der Waals surface area (Å²) >= 11 is 5.67. The molecule has 8 heteroatoms. The van der Waals surface area contributed by atoms with Gasteiger partial charge in [-0.05, 0) is 31.5 Å². The molecule has 1 aromatic rings. The van der Waals surface area contributed by atoms with Crippen LogP contribution in [0.4, 0.5) is 4.39 Å². The Morgan fingerprint density at radius 3 is 2.70 bits per heavy atom. The van der Waals surface area contributed by atoms with E-state index in [1.165, 1.54) is 13.0 Å². The minimum absolute atomic E-state index is 0.170. The minimum Gasteiger partial charge on any atom is -0.452 e. The van der Waals surface area contributed by atoms with Gasteiger partial charge in [0, 0.05) is 11.6 Å². The van der Waals surface area contributed by atoms with E-state index >= 15 is 0 Å². The van der Waals surface area contributed by atoms with Crippen LogP contribution in [0.1, 0.15) is 30.6 Å². The highest BCUT2D eigenvalue weighted by Gasteiger charge is 2.18. The fourth-order valence-corrected chi connectivity index (χ4v) is 1.78. The van der Waals surface area contributed by atoms with Gasteiger partial charge < -0.3 is 15.4 Å². The molecule has 0 saturated carbocycles. The molecule has 1 atom stereocenters. The van der Waals surface area contributed by atoms with Gasteiger partial charge in [0.1, 0.15) is 11.9 Å². The first kappa shape index (κ1) is 18.9. The summed E-state index contributed by atoms with van der Waals surface area (Å²) in [5, 5.41) is 5.16. The lowest BCUT2D eigenvalue weighted by molar-refractivity contribution is -0.130. The molecule has 126 valence electrons. The molecule has 23 heavy (non-hydrogen) atoms. The summed E-state index contributed by atoms with van der Waals surface area (Å²) in [6.07, 6.45) is 0.773. The third-order valence-electron chi connectivity index (χ3n) is 2.80. The monoisotopic (exact) mass is 344 g/mol. The Bertz CT molecular complexity index is 595. The van der Waals surface area contributed by atoms with E-state index in [0.29, 0.717) is 6.54 Å². The van der Waals surface area contributed by atoms with E-state index in [2.05, 4.69) is 10.6 Å². The van der Waals surface area contributed by atoms with Crippen LogP contribution in [-0.2, 0) is 14.3 Å². The van der Waals surface area contributed by atoms with E-state index < -0.39 is 30.3 Å². The molecule has 0 aliphatic heterocycles. The van der Waals surface area contributed by atoms with Crippen molar-refractivity contribution < 1.29 is 23.5 Å². The first-order valence-corrected chi connectivity index (χ1v) is 7.42. The highest BCUT2D eigenvalue weighted by atomic mass is 35.5. The van der Waals surface area contributed by atoms with Crippen LogP contribution >= 0.6 is 11.6 Å². The number of nitrogens with one attached hydrogen (secondary N) is 2. The highest BCUT2D eigenvalue weighted by molar-refractivity contribution is 6.30. The third-order valence-corrected chi connectivity index (χ3v) is 3.04. The molecule has 0 radical (unpaired) electrons. The molecule has 0 unspecified atom stereocenters. The Labute approximate surface area is 138 Å². The van der Waals surface area contributed by atoms with E-state index in [9.17, 15) is 18.8 Å². The van der Waals surface area contributed by atoms with Crippen molar-refractivity contribution in [1.29, 1.82) is 0 Å². The van der Waals surface area contributed by atoms with Gasteiger partial charge in [-0.3, -0.25) is 9.59 Å². The predicted molar refractivity (Wildman–Crippen MR) is 82.6 cm³/mol. The van der Waals surface area contributed by atoms with Crippen molar-refractivity contribution in [2.45, 2.75) is 26.3 Å². The predicted octanol–water partition coefficient (Wildman–Crippen LogP) is 1.67. The SMILES string of the molecule is CCCNC(=O)[C@@H](C)NC(=O)COC(=O)c1cc(Cl)ccc1F. The largest absolute Gasteiger partial charge is 0.452 e. The summed E-state index contributed by atoms with van der Waals surface area (Å²) < 4.78 is 18.2. The normalized spacial score (nSPS) is 11.5. The zero-order chi connectivity index (χ0) is 17.4. The smallest absolute Gasteiger partial charge is 0.341 e. The third kappa shape index (κ3) is 6.23. The maximum atomic E-state index is 13.5. The van der Waals surface area contributed by atoms with Crippen LogP contribution in [0.3, 0.4) is 0 Å². The Kier molecular flexibility index (Phi) is 7.47. The van der Waals surface area contributed by atoms with Crippen molar-refractivity contribution >= 4 is 29.4 Å². The number of hydrogen-bond donors (Lipinski definition) is 2. The molecule has 0 fully saturated rings. The maximum Gasteiger partial charge on any atom is 0.341 e. The second kappa shape index (κ2) is 9.09. The van der Waals surface area contributed by atoms with Gasteiger partial charge >= 0.3 is 5.97 Å². The van der Waals surface area contributed by atoms with Gasteiger partial charge in [0.05, 0.1) is 5.56 Å². The fourth-order valence-electron chi connectivity index (χ4n) is 1.61. The Morgan fingerprint density at radius 2 is 2.04 bits per heavy atom. The van der Waals surface area contributed by atoms with Crippen LogP contribution in [0.2, 0.25) is 5.02 Å². The molecule has 6 nitrogen and oxygen atoms in total. The molecule has 0 saturated heterocycles. The first-order chi connectivity index (χ1) is 10.8. The Hall–Kier alpha value is -2.15. The number of carbonyl (C=O) groups excluding carboxylic acids is 3. The molecule has 0 heterocycles. The van der Waals surface area contributed by atoms with Gasteiger partial charge in [0.25, 0.3) is 5.91 Å². The summed E-state index contributed by atoms with van der Waals surface area (Å²) in [6.45, 7) is 3.28. The van der Waals surface area contributed by atoms with Gasteiger partial charge in [0.15, 0.2) is 6.61 Å². The van der Waals surface area contributed by atoms with Crippen molar-refractivity contribution in [2.75, 3.05) is 13.2 Å². The molecule has 0 spiro atoms. The summed E-state index contributed by atoms with van der Waals surface area (Å²) in [5.41, 5.74) is -0.362. The van der Waals surface area contributed by atoms with Crippen molar-refractivity contribution in [3.63, 3.8) is 0 Å². The van der Waals surface area contributed by atoms with Crippen molar-refractivity contribution in [3.8, 4) is 0 Å². The van der Waals surface area contributed by atoms with Gasteiger partial charge in [-0.15, -0.1) is 0 Å². The number of ether oxygens (including phenoxy) is 1. The Balaban J connectivity index is 2.48. The van der Waals surface area contributed by atoms with Crippen molar-refractivity contribution in [2.24, 2.45) is 0 Å². The fraction of sp³-hybridized carbons (Fsp3) is 0.400. The summed E-state index contributed by atoms with van der Waals surface area (Å²) in [4.78, 5) is 34.9. The standard InChI is InChI=1S/C15H18ClFN2O4/c1-3-6-18-14(21)9(2)19-13(20)8-23-15(22)11-7-10(16)4-5-12(11)17/h4-5,7,9H,3,6,8H2,1-2H3,(H,18,21)(H,19,20)/t9-/m1/s1. The highest BCUT2D eigenvalue weighted by Crippen LogP contribution is 2.15. The topological polar surface area (TPSA) is 84.5 Å².